The Hall–Kier alpha value is -2.12. The van der Waals surface area contributed by atoms with Crippen LogP contribution in [0.25, 0.3) is 0 Å². The average molecular weight is 327 g/mol. The molecule has 0 saturated heterocycles. The van der Waals surface area contributed by atoms with E-state index in [1.54, 1.807) is 0 Å². The number of carbonyl (C=O) groups is 1. The van der Waals surface area contributed by atoms with Crippen LogP contribution in [0.1, 0.15) is 15.9 Å². The van der Waals surface area contributed by atoms with E-state index in [0.717, 1.165) is 0 Å². The van der Waals surface area contributed by atoms with Crippen LogP contribution in [0.3, 0.4) is 0 Å². The van der Waals surface area contributed by atoms with Crippen molar-refractivity contribution < 1.29 is 18.3 Å². The fourth-order valence-electron chi connectivity index (χ4n) is 1.59. The Morgan fingerprint density at radius 2 is 1.86 bits per heavy atom. The molecular formula is C13H11ClN2O4S. The van der Waals surface area contributed by atoms with Crippen molar-refractivity contribution in [2.24, 2.45) is 0 Å². The molecule has 1 aromatic heterocycles. The fourth-order valence-corrected chi connectivity index (χ4v) is 2.85. The highest BCUT2D eigenvalue weighted by molar-refractivity contribution is 7.91. The highest BCUT2D eigenvalue weighted by Crippen LogP contribution is 2.14. The fraction of sp³-hybridized carbons (Fsp3) is 0.0769. The SMILES string of the molecule is O=C(O)c1ccc(CS(=O)(=O)Nc2ccc(Cl)cn2)cc1. The number of nitrogens with one attached hydrogen (secondary N) is 1. The first kappa shape index (κ1) is 15.3. The van der Waals surface area contributed by atoms with Crippen molar-refractivity contribution in [2.75, 3.05) is 4.72 Å². The van der Waals surface area contributed by atoms with Crippen LogP contribution in [0.4, 0.5) is 5.82 Å². The number of benzene rings is 1. The third kappa shape index (κ3) is 4.44. The molecule has 2 aromatic rings. The van der Waals surface area contributed by atoms with Crippen LogP contribution in [0.5, 0.6) is 0 Å². The summed E-state index contributed by atoms with van der Waals surface area (Å²) in [7, 11) is -3.64. The van der Waals surface area contributed by atoms with E-state index in [9.17, 15) is 13.2 Å². The molecule has 0 bridgehead atoms. The maximum atomic E-state index is 12.0. The molecular weight excluding hydrogens is 316 g/mol. The molecule has 0 spiro atoms. The van der Waals surface area contributed by atoms with E-state index in [-0.39, 0.29) is 17.1 Å². The summed E-state index contributed by atoms with van der Waals surface area (Å²) in [5, 5.41) is 9.18. The summed E-state index contributed by atoms with van der Waals surface area (Å²) in [6, 6.07) is 8.60. The lowest BCUT2D eigenvalue weighted by molar-refractivity contribution is 0.0697. The molecule has 0 aliphatic rings. The van der Waals surface area contributed by atoms with Gasteiger partial charge >= 0.3 is 5.97 Å². The van der Waals surface area contributed by atoms with Crippen molar-refractivity contribution >= 4 is 33.4 Å². The number of hydrogen-bond acceptors (Lipinski definition) is 4. The Kier molecular flexibility index (Phi) is 4.44. The lowest BCUT2D eigenvalue weighted by Gasteiger charge is -2.07. The monoisotopic (exact) mass is 326 g/mol. The topological polar surface area (TPSA) is 96.4 Å². The lowest BCUT2D eigenvalue weighted by Crippen LogP contribution is -2.15. The molecule has 110 valence electrons. The van der Waals surface area contributed by atoms with Crippen LogP contribution in [-0.4, -0.2) is 24.5 Å². The quantitative estimate of drug-likeness (QED) is 0.879. The molecule has 1 aromatic carbocycles. The van der Waals surface area contributed by atoms with Gasteiger partial charge in [-0.05, 0) is 29.8 Å². The normalized spacial score (nSPS) is 11.1. The van der Waals surface area contributed by atoms with Gasteiger partial charge in [-0.15, -0.1) is 0 Å². The smallest absolute Gasteiger partial charge is 0.335 e. The van der Waals surface area contributed by atoms with E-state index in [4.69, 9.17) is 16.7 Å². The minimum atomic E-state index is -3.64. The van der Waals surface area contributed by atoms with E-state index < -0.39 is 16.0 Å². The van der Waals surface area contributed by atoms with Crippen LogP contribution in [0.15, 0.2) is 42.6 Å². The minimum absolute atomic E-state index is 0.100. The predicted molar refractivity (Wildman–Crippen MR) is 78.9 cm³/mol. The number of hydrogen-bond donors (Lipinski definition) is 2. The van der Waals surface area contributed by atoms with Gasteiger partial charge in [-0.3, -0.25) is 4.72 Å². The molecule has 0 atom stereocenters. The number of nitrogens with zero attached hydrogens (tertiary/aromatic N) is 1. The first-order valence-electron chi connectivity index (χ1n) is 5.80. The van der Waals surface area contributed by atoms with Crippen LogP contribution in [0.2, 0.25) is 5.02 Å². The molecule has 2 rings (SSSR count). The molecule has 8 heteroatoms. The average Bonchev–Trinajstić information content (AvgIpc) is 2.41. The van der Waals surface area contributed by atoms with Gasteiger partial charge in [0.2, 0.25) is 10.0 Å². The second-order valence-electron chi connectivity index (χ2n) is 4.22. The van der Waals surface area contributed by atoms with E-state index in [1.165, 1.54) is 42.6 Å². The van der Waals surface area contributed by atoms with E-state index in [1.807, 2.05) is 0 Å². The van der Waals surface area contributed by atoms with Gasteiger partial charge in [0.1, 0.15) is 5.82 Å². The van der Waals surface area contributed by atoms with Crippen molar-refractivity contribution in [3.05, 3.63) is 58.7 Å². The number of halogens is 1. The van der Waals surface area contributed by atoms with Crippen LogP contribution >= 0.6 is 11.6 Å². The molecule has 0 unspecified atom stereocenters. The number of aromatic carboxylic acids is 1. The van der Waals surface area contributed by atoms with E-state index >= 15 is 0 Å². The second-order valence-corrected chi connectivity index (χ2v) is 6.38. The largest absolute Gasteiger partial charge is 0.478 e. The lowest BCUT2D eigenvalue weighted by atomic mass is 10.1. The number of aromatic nitrogens is 1. The van der Waals surface area contributed by atoms with Gasteiger partial charge in [0.15, 0.2) is 0 Å². The summed E-state index contributed by atoms with van der Waals surface area (Å²) in [5.74, 6) is -1.17. The summed E-state index contributed by atoms with van der Waals surface area (Å²) < 4.78 is 26.3. The number of sulfonamides is 1. The van der Waals surface area contributed by atoms with Gasteiger partial charge in [-0.1, -0.05) is 23.7 Å². The summed E-state index contributed by atoms with van der Waals surface area (Å²) >= 11 is 5.67. The maximum Gasteiger partial charge on any atom is 0.335 e. The maximum absolute atomic E-state index is 12.0. The molecule has 21 heavy (non-hydrogen) atoms. The Morgan fingerprint density at radius 3 is 2.38 bits per heavy atom. The summed E-state index contributed by atoms with van der Waals surface area (Å²) in [4.78, 5) is 14.6. The van der Waals surface area contributed by atoms with Crippen LogP contribution in [-0.2, 0) is 15.8 Å². The van der Waals surface area contributed by atoms with E-state index in [0.29, 0.717) is 10.6 Å². The van der Waals surface area contributed by atoms with Crippen molar-refractivity contribution in [2.45, 2.75) is 5.75 Å². The zero-order chi connectivity index (χ0) is 15.5. The Morgan fingerprint density at radius 1 is 1.19 bits per heavy atom. The summed E-state index contributed by atoms with van der Waals surface area (Å²) in [6.07, 6.45) is 1.33. The molecule has 1 heterocycles. The van der Waals surface area contributed by atoms with Crippen molar-refractivity contribution in [1.82, 2.24) is 4.98 Å². The molecule has 2 N–H and O–H groups in total. The molecule has 6 nitrogen and oxygen atoms in total. The Labute approximate surface area is 126 Å². The number of anilines is 1. The molecule has 0 aliphatic carbocycles. The molecule has 0 aliphatic heterocycles. The number of rotatable bonds is 5. The second kappa shape index (κ2) is 6.11. The predicted octanol–water partition coefficient (Wildman–Crippen LogP) is 2.38. The Balaban J connectivity index is 2.10. The first-order valence-corrected chi connectivity index (χ1v) is 7.83. The zero-order valence-electron chi connectivity index (χ0n) is 10.7. The van der Waals surface area contributed by atoms with Gasteiger partial charge in [-0.25, -0.2) is 18.2 Å². The minimum Gasteiger partial charge on any atom is -0.478 e. The first-order chi connectivity index (χ1) is 9.85. The van der Waals surface area contributed by atoms with Crippen molar-refractivity contribution in [3.63, 3.8) is 0 Å². The van der Waals surface area contributed by atoms with Crippen LogP contribution in [0, 0.1) is 0 Å². The number of carboxylic acids is 1. The third-order valence-corrected chi connectivity index (χ3v) is 4.00. The molecule has 0 amide bonds. The van der Waals surface area contributed by atoms with Crippen LogP contribution < -0.4 is 4.72 Å². The Bertz CT molecular complexity index is 743. The molecule has 0 fully saturated rings. The van der Waals surface area contributed by atoms with E-state index in [2.05, 4.69) is 9.71 Å². The summed E-state index contributed by atoms with van der Waals surface area (Å²) in [5.41, 5.74) is 0.574. The molecule has 0 radical (unpaired) electrons. The zero-order valence-corrected chi connectivity index (χ0v) is 12.2. The van der Waals surface area contributed by atoms with Gasteiger partial charge < -0.3 is 5.11 Å². The van der Waals surface area contributed by atoms with Crippen molar-refractivity contribution in [1.29, 1.82) is 0 Å². The van der Waals surface area contributed by atoms with Gasteiger partial charge in [0, 0.05) is 6.20 Å². The van der Waals surface area contributed by atoms with Crippen molar-refractivity contribution in [3.8, 4) is 0 Å². The van der Waals surface area contributed by atoms with Gasteiger partial charge in [0.05, 0.1) is 16.3 Å². The summed E-state index contributed by atoms with van der Waals surface area (Å²) in [6.45, 7) is 0. The third-order valence-electron chi connectivity index (χ3n) is 2.55. The highest BCUT2D eigenvalue weighted by Gasteiger charge is 2.13. The molecule has 0 saturated carbocycles. The van der Waals surface area contributed by atoms with Gasteiger partial charge in [-0.2, -0.15) is 0 Å². The number of pyridine rings is 1. The number of carboxylic acid groups (broad SMARTS) is 1. The standard InChI is InChI=1S/C13H11ClN2O4S/c14-11-5-6-12(15-7-11)16-21(19,20)8-9-1-3-10(4-2-9)13(17)18/h1-7H,8H2,(H,15,16)(H,17,18). The van der Waals surface area contributed by atoms with Gasteiger partial charge in [0.25, 0.3) is 0 Å². The highest BCUT2D eigenvalue weighted by atomic mass is 35.5.